The van der Waals surface area contributed by atoms with Crippen molar-refractivity contribution in [2.75, 3.05) is 20.2 Å². The lowest BCUT2D eigenvalue weighted by Crippen LogP contribution is -2.38. The molecule has 0 spiro atoms. The van der Waals surface area contributed by atoms with E-state index in [0.717, 1.165) is 19.4 Å². The van der Waals surface area contributed by atoms with Crippen LogP contribution in [0.4, 0.5) is 0 Å². The quantitative estimate of drug-likeness (QED) is 0.547. The van der Waals surface area contributed by atoms with Gasteiger partial charge >= 0.3 is 0 Å². The molecule has 2 atom stereocenters. The van der Waals surface area contributed by atoms with Crippen LogP contribution in [0, 0.1) is 0 Å². The molecular weight excluding hydrogens is 130 g/mol. The van der Waals surface area contributed by atoms with Crippen LogP contribution in [0.1, 0.15) is 12.8 Å². The lowest BCUT2D eigenvalue weighted by Gasteiger charge is -2.23. The first-order chi connectivity index (χ1) is 4.75. The van der Waals surface area contributed by atoms with Gasteiger partial charge in [-0.3, -0.25) is 0 Å². The van der Waals surface area contributed by atoms with E-state index >= 15 is 0 Å². The number of hydrogen-bond donors (Lipinski definition) is 2. The molecule has 2 N–H and O–H groups in total. The van der Waals surface area contributed by atoms with E-state index in [1.54, 1.807) is 0 Å². The molecule has 0 amide bonds. The van der Waals surface area contributed by atoms with Crippen molar-refractivity contribution in [2.45, 2.75) is 25.0 Å². The molecule has 1 saturated heterocycles. The highest BCUT2D eigenvalue weighted by Gasteiger charge is 2.26. The van der Waals surface area contributed by atoms with Crippen molar-refractivity contribution in [1.29, 1.82) is 0 Å². The average molecular weight is 145 g/mol. The normalized spacial score (nSPS) is 30.9. The first-order valence-corrected chi connectivity index (χ1v) is 3.75. The number of aliphatic hydroxyl groups excluding tert-OH is 2. The van der Waals surface area contributed by atoms with E-state index in [9.17, 15) is 5.11 Å². The van der Waals surface area contributed by atoms with Gasteiger partial charge < -0.3 is 15.1 Å². The van der Waals surface area contributed by atoms with E-state index in [1.807, 2.05) is 7.05 Å². The summed E-state index contributed by atoms with van der Waals surface area (Å²) in [5.41, 5.74) is 0. The molecule has 0 aromatic rings. The molecule has 0 bridgehead atoms. The Morgan fingerprint density at radius 2 is 2.40 bits per heavy atom. The highest BCUT2D eigenvalue weighted by atomic mass is 16.3. The molecule has 60 valence electrons. The molecule has 1 unspecified atom stereocenters. The highest BCUT2D eigenvalue weighted by molar-refractivity contribution is 4.81. The van der Waals surface area contributed by atoms with E-state index < -0.39 is 6.10 Å². The minimum absolute atomic E-state index is 0.116. The fraction of sp³-hybridized carbons (Fsp3) is 1.00. The van der Waals surface area contributed by atoms with Crippen LogP contribution in [0.2, 0.25) is 0 Å². The van der Waals surface area contributed by atoms with Crippen LogP contribution in [-0.4, -0.2) is 47.5 Å². The molecule has 1 rings (SSSR count). The van der Waals surface area contributed by atoms with E-state index in [2.05, 4.69) is 4.90 Å². The molecule has 0 saturated carbocycles. The van der Waals surface area contributed by atoms with Gasteiger partial charge in [0.2, 0.25) is 0 Å². The number of rotatable bonds is 2. The molecule has 1 aliphatic heterocycles. The second-order valence-electron chi connectivity index (χ2n) is 2.94. The maximum Gasteiger partial charge on any atom is 0.0925 e. The van der Waals surface area contributed by atoms with Crippen molar-refractivity contribution in [2.24, 2.45) is 0 Å². The number of likely N-dealkylation sites (N-methyl/N-ethyl adjacent to an activating group) is 1. The van der Waals surface area contributed by atoms with E-state index in [1.165, 1.54) is 0 Å². The number of hydrogen-bond acceptors (Lipinski definition) is 3. The topological polar surface area (TPSA) is 43.7 Å². The van der Waals surface area contributed by atoms with Crippen molar-refractivity contribution in [1.82, 2.24) is 4.90 Å². The third kappa shape index (κ3) is 1.48. The second-order valence-corrected chi connectivity index (χ2v) is 2.94. The molecule has 1 heterocycles. The average Bonchev–Trinajstić information content (AvgIpc) is 2.34. The predicted molar refractivity (Wildman–Crippen MR) is 38.7 cm³/mol. The van der Waals surface area contributed by atoms with Gasteiger partial charge in [0.05, 0.1) is 12.7 Å². The molecule has 3 nitrogen and oxygen atoms in total. The summed E-state index contributed by atoms with van der Waals surface area (Å²) >= 11 is 0. The van der Waals surface area contributed by atoms with E-state index in [-0.39, 0.29) is 12.6 Å². The van der Waals surface area contributed by atoms with Gasteiger partial charge in [-0.25, -0.2) is 0 Å². The smallest absolute Gasteiger partial charge is 0.0925 e. The molecule has 3 heteroatoms. The van der Waals surface area contributed by atoms with Crippen LogP contribution in [0.5, 0.6) is 0 Å². The Kier molecular flexibility index (Phi) is 2.65. The summed E-state index contributed by atoms with van der Waals surface area (Å²) in [6, 6.07) is 0.185. The fourth-order valence-corrected chi connectivity index (χ4v) is 1.54. The van der Waals surface area contributed by atoms with Gasteiger partial charge in [-0.2, -0.15) is 0 Å². The first-order valence-electron chi connectivity index (χ1n) is 3.75. The molecule has 10 heavy (non-hydrogen) atoms. The SMILES string of the molecule is CN1CCC[C@@H]1C(O)CO. The van der Waals surface area contributed by atoms with Crippen molar-refractivity contribution in [3.05, 3.63) is 0 Å². The summed E-state index contributed by atoms with van der Waals surface area (Å²) in [5.74, 6) is 0. The summed E-state index contributed by atoms with van der Waals surface area (Å²) < 4.78 is 0. The Bertz CT molecular complexity index is 108. The van der Waals surface area contributed by atoms with Crippen LogP contribution in [-0.2, 0) is 0 Å². The molecule has 0 aromatic carbocycles. The zero-order valence-corrected chi connectivity index (χ0v) is 6.32. The summed E-state index contributed by atoms with van der Waals surface area (Å²) in [6.45, 7) is 0.927. The van der Waals surface area contributed by atoms with Gasteiger partial charge in [0, 0.05) is 6.04 Å². The minimum atomic E-state index is -0.549. The van der Waals surface area contributed by atoms with Gasteiger partial charge in [-0.05, 0) is 26.4 Å². The van der Waals surface area contributed by atoms with E-state index in [4.69, 9.17) is 5.11 Å². The Hall–Kier alpha value is -0.120. The molecule has 0 aliphatic carbocycles. The Balaban J connectivity index is 2.38. The predicted octanol–water partition coefficient (Wildman–Crippen LogP) is -0.566. The summed E-state index contributed by atoms with van der Waals surface area (Å²) in [5, 5.41) is 17.9. The standard InChI is InChI=1S/C7H15NO2/c1-8-4-2-3-6(8)7(10)5-9/h6-7,9-10H,2-5H2,1H3/t6-,7?/m1/s1. The maximum atomic E-state index is 9.24. The van der Waals surface area contributed by atoms with Crippen LogP contribution in [0.15, 0.2) is 0 Å². The lowest BCUT2D eigenvalue weighted by molar-refractivity contribution is 0.0356. The van der Waals surface area contributed by atoms with Crippen LogP contribution < -0.4 is 0 Å². The van der Waals surface area contributed by atoms with Gasteiger partial charge in [-0.15, -0.1) is 0 Å². The van der Waals surface area contributed by atoms with Crippen molar-refractivity contribution in [3.8, 4) is 0 Å². The fourth-order valence-electron chi connectivity index (χ4n) is 1.54. The summed E-state index contributed by atoms with van der Waals surface area (Å²) in [6.07, 6.45) is 1.60. The van der Waals surface area contributed by atoms with Gasteiger partial charge in [0.1, 0.15) is 0 Å². The second kappa shape index (κ2) is 3.32. The first kappa shape index (κ1) is 7.98. The third-order valence-corrected chi connectivity index (χ3v) is 2.21. The lowest BCUT2D eigenvalue weighted by atomic mass is 10.1. The summed E-state index contributed by atoms with van der Waals surface area (Å²) in [4.78, 5) is 2.10. The zero-order chi connectivity index (χ0) is 7.56. The minimum Gasteiger partial charge on any atom is -0.394 e. The number of nitrogens with zero attached hydrogens (tertiary/aromatic N) is 1. The van der Waals surface area contributed by atoms with Crippen molar-refractivity contribution in [3.63, 3.8) is 0 Å². The van der Waals surface area contributed by atoms with E-state index in [0.29, 0.717) is 0 Å². The van der Waals surface area contributed by atoms with Crippen LogP contribution in [0.3, 0.4) is 0 Å². The molecular formula is C7H15NO2. The van der Waals surface area contributed by atoms with Crippen molar-refractivity contribution < 1.29 is 10.2 Å². The zero-order valence-electron chi connectivity index (χ0n) is 6.32. The van der Waals surface area contributed by atoms with Crippen LogP contribution >= 0.6 is 0 Å². The number of likely N-dealkylation sites (tertiary alicyclic amines) is 1. The Morgan fingerprint density at radius 3 is 2.80 bits per heavy atom. The molecule has 0 aromatic heterocycles. The highest BCUT2D eigenvalue weighted by Crippen LogP contribution is 2.17. The maximum absolute atomic E-state index is 9.24. The Labute approximate surface area is 61.3 Å². The summed E-state index contributed by atoms with van der Waals surface area (Å²) in [7, 11) is 1.98. The Morgan fingerprint density at radius 1 is 1.70 bits per heavy atom. The van der Waals surface area contributed by atoms with Crippen LogP contribution in [0.25, 0.3) is 0 Å². The van der Waals surface area contributed by atoms with Gasteiger partial charge in [0.15, 0.2) is 0 Å². The molecule has 1 aliphatic rings. The van der Waals surface area contributed by atoms with Gasteiger partial charge in [-0.1, -0.05) is 0 Å². The molecule has 1 fully saturated rings. The molecule has 0 radical (unpaired) electrons. The van der Waals surface area contributed by atoms with Crippen molar-refractivity contribution >= 4 is 0 Å². The largest absolute Gasteiger partial charge is 0.394 e. The monoisotopic (exact) mass is 145 g/mol. The number of aliphatic hydroxyl groups is 2. The van der Waals surface area contributed by atoms with Gasteiger partial charge in [0.25, 0.3) is 0 Å². The third-order valence-electron chi connectivity index (χ3n) is 2.21.